The van der Waals surface area contributed by atoms with Gasteiger partial charge in [-0.15, -0.1) is 0 Å². The summed E-state index contributed by atoms with van der Waals surface area (Å²) in [5, 5.41) is 7.17. The molecule has 0 aromatic carbocycles. The number of nitrogens with one attached hydrogen (secondary N) is 1. The van der Waals surface area contributed by atoms with Gasteiger partial charge in [0.2, 0.25) is 5.92 Å². The van der Waals surface area contributed by atoms with Crippen LogP contribution < -0.4 is 5.32 Å². The molecule has 0 saturated heterocycles. The van der Waals surface area contributed by atoms with Crippen LogP contribution in [0.1, 0.15) is 84.5 Å². The zero-order chi connectivity index (χ0) is 25.3. The molecule has 8 nitrogen and oxygen atoms in total. The standard InChI is InChI=1S/C23H33F2N5O3S/c1-21(2,3)33-20(31)29-19(16-7-9-23(24,25)10-8-16)17-14-30-18(28-17)11-15(12-26-30)13-27-34(32)22(4,5)6/h11-14,16,19H,7-10H2,1-6H3,(H,29,31)/t19-,34-/m0/s1. The van der Waals surface area contributed by atoms with E-state index in [-0.39, 0.29) is 31.6 Å². The molecule has 0 radical (unpaired) electrons. The van der Waals surface area contributed by atoms with E-state index < -0.39 is 39.8 Å². The molecule has 1 aliphatic carbocycles. The molecule has 1 N–H and O–H groups in total. The van der Waals surface area contributed by atoms with Crippen molar-refractivity contribution in [3.8, 4) is 0 Å². The summed E-state index contributed by atoms with van der Waals surface area (Å²) in [6.07, 6.45) is 4.15. The van der Waals surface area contributed by atoms with Crippen LogP contribution in [0, 0.1) is 5.92 Å². The van der Waals surface area contributed by atoms with Crippen LogP contribution in [0.5, 0.6) is 0 Å². The Kier molecular flexibility index (Phi) is 7.57. The summed E-state index contributed by atoms with van der Waals surface area (Å²) in [6, 6.07) is 1.14. The minimum absolute atomic E-state index is 0.215. The third-order valence-electron chi connectivity index (χ3n) is 5.41. The van der Waals surface area contributed by atoms with Crippen LogP contribution in [0.3, 0.4) is 0 Å². The van der Waals surface area contributed by atoms with E-state index in [1.807, 2.05) is 20.8 Å². The number of imidazole rings is 1. The number of nitrogens with zero attached hydrogens (tertiary/aromatic N) is 4. The van der Waals surface area contributed by atoms with E-state index in [0.717, 1.165) is 0 Å². The highest BCUT2D eigenvalue weighted by atomic mass is 32.2. The van der Waals surface area contributed by atoms with Gasteiger partial charge in [-0.2, -0.15) is 5.10 Å². The van der Waals surface area contributed by atoms with Crippen molar-refractivity contribution in [1.82, 2.24) is 19.9 Å². The maximum atomic E-state index is 13.8. The number of aromatic nitrogens is 3. The maximum Gasteiger partial charge on any atom is 0.408 e. The Hall–Kier alpha value is -2.27. The molecule has 1 fully saturated rings. The quantitative estimate of drug-likeness (QED) is 0.462. The smallest absolute Gasteiger partial charge is 0.408 e. The van der Waals surface area contributed by atoms with Crippen LogP contribution in [0.2, 0.25) is 0 Å². The monoisotopic (exact) mass is 497 g/mol. The van der Waals surface area contributed by atoms with Gasteiger partial charge < -0.3 is 14.6 Å². The molecular formula is C23H33F2N5O3S. The van der Waals surface area contributed by atoms with Crippen LogP contribution in [-0.2, 0) is 16.1 Å². The van der Waals surface area contributed by atoms with Crippen LogP contribution in [0.25, 0.3) is 5.65 Å². The molecule has 188 valence electrons. The molecule has 3 rings (SSSR count). The van der Waals surface area contributed by atoms with Crippen molar-refractivity contribution >= 4 is 29.3 Å². The molecular weight excluding hydrogens is 464 g/mol. The molecule has 11 heteroatoms. The first kappa shape index (κ1) is 26.3. The lowest BCUT2D eigenvalue weighted by Crippen LogP contribution is -2.40. The Labute approximate surface area is 201 Å². The van der Waals surface area contributed by atoms with Gasteiger partial charge in [-0.25, -0.2) is 23.1 Å². The summed E-state index contributed by atoms with van der Waals surface area (Å²) < 4.78 is 50.3. The molecule has 0 spiro atoms. The van der Waals surface area contributed by atoms with E-state index in [4.69, 9.17) is 4.74 Å². The van der Waals surface area contributed by atoms with E-state index >= 15 is 0 Å². The van der Waals surface area contributed by atoms with Crippen LogP contribution >= 0.6 is 0 Å². The number of amides is 1. The average Bonchev–Trinajstić information content (AvgIpc) is 3.11. The molecule has 34 heavy (non-hydrogen) atoms. The highest BCUT2D eigenvalue weighted by molar-refractivity contribution is 7.91. The first-order chi connectivity index (χ1) is 15.6. The zero-order valence-corrected chi connectivity index (χ0v) is 21.3. The van der Waals surface area contributed by atoms with E-state index in [9.17, 15) is 18.1 Å². The Bertz CT molecular complexity index is 1040. The van der Waals surface area contributed by atoms with Gasteiger partial charge in [-0.1, -0.05) is 4.40 Å². The fraction of sp³-hybridized carbons (Fsp3) is 0.652. The number of rotatable bonds is 5. The Morgan fingerprint density at radius 3 is 2.56 bits per heavy atom. The van der Waals surface area contributed by atoms with E-state index in [2.05, 4.69) is 19.8 Å². The normalized spacial score (nSPS) is 19.3. The lowest BCUT2D eigenvalue weighted by Gasteiger charge is -2.33. The van der Waals surface area contributed by atoms with Gasteiger partial charge in [0.25, 0.3) is 0 Å². The first-order valence-corrected chi connectivity index (χ1v) is 12.4. The van der Waals surface area contributed by atoms with Gasteiger partial charge >= 0.3 is 6.09 Å². The maximum absolute atomic E-state index is 13.8. The zero-order valence-electron chi connectivity index (χ0n) is 20.5. The average molecular weight is 498 g/mol. The Balaban J connectivity index is 1.87. The second-order valence-corrected chi connectivity index (χ2v) is 12.6. The van der Waals surface area contributed by atoms with Crippen LogP contribution in [0.15, 0.2) is 22.9 Å². The second-order valence-electron chi connectivity index (χ2n) is 10.7. The number of alkyl halides is 2. The van der Waals surface area contributed by atoms with Crippen molar-refractivity contribution in [1.29, 1.82) is 0 Å². The second kappa shape index (κ2) is 9.77. The molecule has 1 saturated carbocycles. The fourth-order valence-corrected chi connectivity index (χ4v) is 4.19. The summed E-state index contributed by atoms with van der Waals surface area (Å²) in [6.45, 7) is 10.8. The number of carbonyl (C=O) groups is 1. The largest absolute Gasteiger partial charge is 0.591 e. The van der Waals surface area contributed by atoms with Gasteiger partial charge in [0, 0.05) is 18.4 Å². The highest BCUT2D eigenvalue weighted by Gasteiger charge is 2.39. The van der Waals surface area contributed by atoms with Gasteiger partial charge in [-0.05, 0) is 66.4 Å². The van der Waals surface area contributed by atoms with Crippen molar-refractivity contribution < 1.29 is 22.9 Å². The number of alkyl carbamates (subject to hydrolysis) is 1. The molecule has 0 aliphatic heterocycles. The van der Waals surface area contributed by atoms with E-state index in [1.54, 1.807) is 43.7 Å². The van der Waals surface area contributed by atoms with Crippen LogP contribution in [-0.4, -0.2) is 47.7 Å². The molecule has 2 aromatic heterocycles. The van der Waals surface area contributed by atoms with Crippen molar-refractivity contribution in [3.05, 3.63) is 29.7 Å². The molecule has 0 bridgehead atoms. The SMILES string of the molecule is CC(C)(C)OC(=O)N[C@H](c1cn2ncc(C=N[S@@+]([O-])C(C)(C)C)cc2n1)C1CCC(F)(F)CC1. The minimum Gasteiger partial charge on any atom is -0.591 e. The van der Waals surface area contributed by atoms with Crippen molar-refractivity contribution in [2.24, 2.45) is 10.3 Å². The molecule has 2 heterocycles. The third-order valence-corrected chi connectivity index (χ3v) is 6.75. The molecule has 1 aliphatic rings. The topological polar surface area (TPSA) is 104 Å². The number of ether oxygens (including phenoxy) is 1. The highest BCUT2D eigenvalue weighted by Crippen LogP contribution is 2.41. The number of hydrogen-bond donors (Lipinski definition) is 1. The minimum atomic E-state index is -2.69. The summed E-state index contributed by atoms with van der Waals surface area (Å²) in [7, 11) is 0. The fourth-order valence-electron chi connectivity index (χ4n) is 3.66. The van der Waals surface area contributed by atoms with Crippen LogP contribution in [0.4, 0.5) is 13.6 Å². The molecule has 2 atom stereocenters. The summed E-state index contributed by atoms with van der Waals surface area (Å²) in [5.41, 5.74) is 0.936. The molecule has 1 amide bonds. The Morgan fingerprint density at radius 2 is 1.97 bits per heavy atom. The van der Waals surface area contributed by atoms with Gasteiger partial charge in [0.05, 0.1) is 30.3 Å². The number of fused-ring (bicyclic) bond motifs is 1. The summed E-state index contributed by atoms with van der Waals surface area (Å²) in [4.78, 5) is 17.1. The van der Waals surface area contributed by atoms with Gasteiger partial charge in [0.15, 0.2) is 5.65 Å². The number of carbonyl (C=O) groups excluding carboxylic acids is 1. The Morgan fingerprint density at radius 1 is 1.32 bits per heavy atom. The number of hydrogen-bond acceptors (Lipinski definition) is 6. The van der Waals surface area contributed by atoms with E-state index in [0.29, 0.717) is 16.9 Å². The lowest BCUT2D eigenvalue weighted by molar-refractivity contribution is -0.0500. The summed E-state index contributed by atoms with van der Waals surface area (Å²) in [5.74, 6) is -2.90. The number of halogens is 2. The predicted octanol–water partition coefficient (Wildman–Crippen LogP) is 5.00. The van der Waals surface area contributed by atoms with Crippen molar-refractivity contribution in [2.75, 3.05) is 0 Å². The third kappa shape index (κ3) is 7.11. The molecule has 2 aromatic rings. The van der Waals surface area contributed by atoms with Crippen molar-refractivity contribution in [2.45, 2.75) is 89.5 Å². The summed E-state index contributed by atoms with van der Waals surface area (Å²) >= 11 is -1.41. The van der Waals surface area contributed by atoms with Gasteiger partial charge in [-0.3, -0.25) is 0 Å². The van der Waals surface area contributed by atoms with Crippen molar-refractivity contribution in [3.63, 3.8) is 0 Å². The van der Waals surface area contributed by atoms with E-state index in [1.165, 1.54) is 6.21 Å². The molecule has 0 unspecified atom stereocenters. The predicted molar refractivity (Wildman–Crippen MR) is 127 cm³/mol. The van der Waals surface area contributed by atoms with Gasteiger partial charge in [0.1, 0.15) is 21.7 Å². The first-order valence-electron chi connectivity index (χ1n) is 11.3. The lowest BCUT2D eigenvalue weighted by atomic mass is 9.81.